The Morgan fingerprint density at radius 2 is 2.17 bits per heavy atom. The molecule has 1 amide bonds. The van der Waals surface area contributed by atoms with Crippen molar-refractivity contribution in [1.29, 1.82) is 0 Å². The summed E-state index contributed by atoms with van der Waals surface area (Å²) in [6, 6.07) is 3.53. The fourth-order valence-corrected chi connectivity index (χ4v) is 1.64. The highest BCUT2D eigenvalue weighted by molar-refractivity contribution is 6.33. The molecule has 98 valence electrons. The molecule has 1 aromatic carbocycles. The van der Waals surface area contributed by atoms with Gasteiger partial charge in [-0.25, -0.2) is 4.79 Å². The van der Waals surface area contributed by atoms with Crippen molar-refractivity contribution in [3.63, 3.8) is 0 Å². The van der Waals surface area contributed by atoms with Crippen molar-refractivity contribution in [2.45, 2.75) is 25.8 Å². The summed E-state index contributed by atoms with van der Waals surface area (Å²) in [4.78, 5) is 22.7. The number of aliphatic carboxylic acids is 1. The first kappa shape index (κ1) is 14.3. The molecule has 0 saturated heterocycles. The second-order valence-electron chi connectivity index (χ2n) is 3.89. The minimum Gasteiger partial charge on any atom is -0.480 e. The number of hydrogen-bond acceptors (Lipinski definition) is 3. The molecule has 0 unspecified atom stereocenters. The van der Waals surface area contributed by atoms with Gasteiger partial charge in [0.25, 0.3) is 5.91 Å². The molecule has 4 N–H and O–H groups in total. The van der Waals surface area contributed by atoms with Crippen molar-refractivity contribution < 1.29 is 14.7 Å². The minimum absolute atomic E-state index is 0.269. The number of nitrogens with one attached hydrogen (secondary N) is 1. The van der Waals surface area contributed by atoms with Crippen molar-refractivity contribution in [3.05, 3.63) is 28.8 Å². The molecule has 1 aromatic rings. The third-order valence-electron chi connectivity index (χ3n) is 2.44. The van der Waals surface area contributed by atoms with Gasteiger partial charge in [-0.3, -0.25) is 4.79 Å². The summed E-state index contributed by atoms with van der Waals surface area (Å²) in [5.74, 6) is -1.52. The van der Waals surface area contributed by atoms with Crippen molar-refractivity contribution in [2.75, 3.05) is 5.73 Å². The summed E-state index contributed by atoms with van der Waals surface area (Å²) >= 11 is 5.80. The highest BCUT2D eigenvalue weighted by atomic mass is 35.5. The molecule has 0 bridgehead atoms. The molecule has 0 fully saturated rings. The van der Waals surface area contributed by atoms with E-state index in [1.54, 1.807) is 0 Å². The molecule has 1 atom stereocenters. The lowest BCUT2D eigenvalue weighted by atomic mass is 10.1. The smallest absolute Gasteiger partial charge is 0.326 e. The zero-order valence-electron chi connectivity index (χ0n) is 9.94. The van der Waals surface area contributed by atoms with Crippen LogP contribution in [0.3, 0.4) is 0 Å². The average Bonchev–Trinajstić information content (AvgIpc) is 2.31. The van der Waals surface area contributed by atoms with E-state index in [1.165, 1.54) is 18.2 Å². The molecule has 1 rings (SSSR count). The van der Waals surface area contributed by atoms with Crippen LogP contribution in [0.25, 0.3) is 0 Å². The Balaban J connectivity index is 2.80. The molecule has 0 aliphatic carbocycles. The standard InChI is InChI=1S/C12H15ClN2O3/c1-2-3-10(12(17)18)15-11(16)7-4-5-9(14)8(13)6-7/h4-6,10H,2-3,14H2,1H3,(H,15,16)(H,17,18)/t10-/m1/s1. The number of halogens is 1. The number of carbonyl (C=O) groups is 2. The molecule has 6 heteroatoms. The van der Waals surface area contributed by atoms with Crippen molar-refractivity contribution in [2.24, 2.45) is 0 Å². The van der Waals surface area contributed by atoms with E-state index in [2.05, 4.69) is 5.32 Å². The van der Waals surface area contributed by atoms with Gasteiger partial charge >= 0.3 is 5.97 Å². The number of benzene rings is 1. The van der Waals surface area contributed by atoms with Crippen LogP contribution in [-0.4, -0.2) is 23.0 Å². The van der Waals surface area contributed by atoms with Gasteiger partial charge in [-0.15, -0.1) is 0 Å². The maximum Gasteiger partial charge on any atom is 0.326 e. The lowest BCUT2D eigenvalue weighted by molar-refractivity contribution is -0.139. The predicted octanol–water partition coefficient (Wildman–Crippen LogP) is 1.91. The molecule has 0 heterocycles. The molecule has 0 radical (unpaired) electrons. The normalized spacial score (nSPS) is 11.9. The maximum atomic E-state index is 11.8. The number of nitrogen functional groups attached to an aromatic ring is 1. The number of rotatable bonds is 5. The highest BCUT2D eigenvalue weighted by Gasteiger charge is 2.19. The number of hydrogen-bond donors (Lipinski definition) is 3. The van der Waals surface area contributed by atoms with Gasteiger partial charge in [-0.1, -0.05) is 24.9 Å². The number of anilines is 1. The molecular weight excluding hydrogens is 256 g/mol. The quantitative estimate of drug-likeness (QED) is 0.713. The SMILES string of the molecule is CCC[C@@H](NC(=O)c1ccc(N)c(Cl)c1)C(=O)O. The molecule has 0 aromatic heterocycles. The van der Waals surface area contributed by atoms with E-state index in [4.69, 9.17) is 22.4 Å². The second kappa shape index (κ2) is 6.26. The van der Waals surface area contributed by atoms with E-state index in [9.17, 15) is 9.59 Å². The predicted molar refractivity (Wildman–Crippen MR) is 69.7 cm³/mol. The lowest BCUT2D eigenvalue weighted by Gasteiger charge is -2.13. The molecular formula is C12H15ClN2O3. The van der Waals surface area contributed by atoms with E-state index in [1.807, 2.05) is 6.92 Å². The van der Waals surface area contributed by atoms with E-state index >= 15 is 0 Å². The topological polar surface area (TPSA) is 92.4 Å². The van der Waals surface area contributed by atoms with Gasteiger partial charge in [-0.2, -0.15) is 0 Å². The van der Waals surface area contributed by atoms with Crippen molar-refractivity contribution >= 4 is 29.2 Å². The Hall–Kier alpha value is -1.75. The third-order valence-corrected chi connectivity index (χ3v) is 2.77. The third kappa shape index (κ3) is 3.63. The molecule has 0 aliphatic heterocycles. The first-order valence-electron chi connectivity index (χ1n) is 5.54. The summed E-state index contributed by atoms with van der Waals surface area (Å²) in [6.45, 7) is 1.85. The first-order valence-corrected chi connectivity index (χ1v) is 5.92. The van der Waals surface area contributed by atoms with Gasteiger partial charge in [0.1, 0.15) is 6.04 Å². The molecule has 0 spiro atoms. The first-order chi connectivity index (χ1) is 8.45. The number of carboxylic acids is 1. The van der Waals surface area contributed by atoms with E-state index in [-0.39, 0.29) is 10.6 Å². The Morgan fingerprint density at radius 3 is 2.67 bits per heavy atom. The molecule has 0 saturated carbocycles. The number of carboxylic acid groups (broad SMARTS) is 1. The highest BCUT2D eigenvalue weighted by Crippen LogP contribution is 2.19. The van der Waals surface area contributed by atoms with Crippen molar-refractivity contribution in [1.82, 2.24) is 5.32 Å². The summed E-state index contributed by atoms with van der Waals surface area (Å²) in [5, 5.41) is 11.6. The summed E-state index contributed by atoms with van der Waals surface area (Å²) in [6.07, 6.45) is 1.05. The zero-order valence-corrected chi connectivity index (χ0v) is 10.7. The van der Waals surface area contributed by atoms with Crippen LogP contribution in [0.15, 0.2) is 18.2 Å². The van der Waals surface area contributed by atoms with Crippen LogP contribution in [0, 0.1) is 0 Å². The van der Waals surface area contributed by atoms with Gasteiger partial charge in [0.15, 0.2) is 0 Å². The Bertz CT molecular complexity index is 463. The zero-order chi connectivity index (χ0) is 13.7. The monoisotopic (exact) mass is 270 g/mol. The molecule has 18 heavy (non-hydrogen) atoms. The molecule has 0 aliphatic rings. The van der Waals surface area contributed by atoms with Gasteiger partial charge in [-0.05, 0) is 24.6 Å². The van der Waals surface area contributed by atoms with Gasteiger partial charge in [0, 0.05) is 5.56 Å². The van der Waals surface area contributed by atoms with Gasteiger partial charge in [0.05, 0.1) is 10.7 Å². The summed E-state index contributed by atoms with van der Waals surface area (Å²) in [7, 11) is 0. The summed E-state index contributed by atoms with van der Waals surface area (Å²) < 4.78 is 0. The van der Waals surface area contributed by atoms with Crippen LogP contribution in [0.5, 0.6) is 0 Å². The van der Waals surface area contributed by atoms with Crippen molar-refractivity contribution in [3.8, 4) is 0 Å². The largest absolute Gasteiger partial charge is 0.480 e. The van der Waals surface area contributed by atoms with E-state index in [0.29, 0.717) is 18.5 Å². The fourth-order valence-electron chi connectivity index (χ4n) is 1.46. The van der Waals surface area contributed by atoms with Gasteiger partial charge in [0.2, 0.25) is 0 Å². The van der Waals surface area contributed by atoms with Gasteiger partial charge < -0.3 is 16.2 Å². The number of nitrogens with two attached hydrogens (primary N) is 1. The Labute approximate surface area is 110 Å². The molecule has 5 nitrogen and oxygen atoms in total. The van der Waals surface area contributed by atoms with Crippen LogP contribution < -0.4 is 11.1 Å². The fraction of sp³-hybridized carbons (Fsp3) is 0.333. The Kier molecular flexibility index (Phi) is 4.97. The van der Waals surface area contributed by atoms with Crippen LogP contribution >= 0.6 is 11.6 Å². The Morgan fingerprint density at radius 1 is 1.50 bits per heavy atom. The number of carbonyl (C=O) groups excluding carboxylic acids is 1. The van der Waals surface area contributed by atoms with Crippen LogP contribution in [0.2, 0.25) is 5.02 Å². The minimum atomic E-state index is -1.05. The second-order valence-corrected chi connectivity index (χ2v) is 4.30. The average molecular weight is 271 g/mol. The lowest BCUT2D eigenvalue weighted by Crippen LogP contribution is -2.40. The van der Waals surface area contributed by atoms with Crippen LogP contribution in [-0.2, 0) is 4.79 Å². The van der Waals surface area contributed by atoms with Crippen LogP contribution in [0.4, 0.5) is 5.69 Å². The summed E-state index contributed by atoms with van der Waals surface area (Å²) in [5.41, 5.74) is 6.19. The maximum absolute atomic E-state index is 11.8. The van der Waals surface area contributed by atoms with Crippen LogP contribution in [0.1, 0.15) is 30.1 Å². The number of amides is 1. The van der Waals surface area contributed by atoms with E-state index in [0.717, 1.165) is 0 Å². The van der Waals surface area contributed by atoms with E-state index < -0.39 is 17.9 Å².